The van der Waals surface area contributed by atoms with Crippen molar-refractivity contribution in [1.29, 1.82) is 0 Å². The molecule has 2 amide bonds. The molecule has 2 N–H and O–H groups in total. The van der Waals surface area contributed by atoms with Crippen LogP contribution in [0.4, 0.5) is 11.4 Å². The van der Waals surface area contributed by atoms with Gasteiger partial charge in [0.2, 0.25) is 5.91 Å². The molecular formula is C23H19ClN4O2S. The number of aryl methyl sites for hydroxylation is 2. The summed E-state index contributed by atoms with van der Waals surface area (Å²) in [6.07, 6.45) is 1.13. The molecule has 1 aliphatic rings. The van der Waals surface area contributed by atoms with E-state index in [0.717, 1.165) is 32.7 Å². The normalized spacial score (nSPS) is 13.2. The summed E-state index contributed by atoms with van der Waals surface area (Å²) in [7, 11) is 0. The quantitative estimate of drug-likeness (QED) is 0.446. The maximum absolute atomic E-state index is 12.9. The zero-order valence-electron chi connectivity index (χ0n) is 16.7. The summed E-state index contributed by atoms with van der Waals surface area (Å²) in [6.45, 7) is 2.49. The van der Waals surface area contributed by atoms with Crippen LogP contribution in [0.5, 0.6) is 0 Å². The first-order chi connectivity index (χ1) is 15.0. The van der Waals surface area contributed by atoms with Crippen molar-refractivity contribution in [3.63, 3.8) is 0 Å². The lowest BCUT2D eigenvalue weighted by molar-refractivity contribution is -0.116. The van der Waals surface area contributed by atoms with E-state index < -0.39 is 0 Å². The Morgan fingerprint density at radius 2 is 2.06 bits per heavy atom. The zero-order chi connectivity index (χ0) is 21.5. The van der Waals surface area contributed by atoms with Gasteiger partial charge in [0.25, 0.3) is 5.91 Å². The van der Waals surface area contributed by atoms with Crippen molar-refractivity contribution in [1.82, 2.24) is 9.78 Å². The second-order valence-corrected chi connectivity index (χ2v) is 8.98. The van der Waals surface area contributed by atoms with Crippen LogP contribution >= 0.6 is 22.9 Å². The minimum atomic E-state index is -0.162. The Labute approximate surface area is 187 Å². The van der Waals surface area contributed by atoms with Crippen molar-refractivity contribution in [3.05, 3.63) is 75.3 Å². The number of thiophene rings is 1. The first kappa shape index (κ1) is 19.8. The van der Waals surface area contributed by atoms with Crippen LogP contribution in [0.25, 0.3) is 10.2 Å². The molecule has 1 aliphatic heterocycles. The number of rotatable bonds is 4. The van der Waals surface area contributed by atoms with E-state index in [1.165, 1.54) is 11.3 Å². The molecule has 2 aromatic carbocycles. The van der Waals surface area contributed by atoms with Crippen molar-refractivity contribution in [2.75, 3.05) is 10.6 Å². The Kier molecular flexibility index (Phi) is 5.00. The van der Waals surface area contributed by atoms with E-state index in [0.29, 0.717) is 35.0 Å². The summed E-state index contributed by atoms with van der Waals surface area (Å²) in [5, 5.41) is 12.1. The fraction of sp³-hybridized carbons (Fsp3) is 0.174. The Hall–Kier alpha value is -3.16. The summed E-state index contributed by atoms with van der Waals surface area (Å²) in [5.41, 5.74) is 4.41. The monoisotopic (exact) mass is 450 g/mol. The van der Waals surface area contributed by atoms with Crippen LogP contribution < -0.4 is 10.6 Å². The molecule has 0 saturated carbocycles. The summed E-state index contributed by atoms with van der Waals surface area (Å²) >= 11 is 7.73. The van der Waals surface area contributed by atoms with Crippen LogP contribution in [0.2, 0.25) is 5.02 Å². The first-order valence-electron chi connectivity index (χ1n) is 9.92. The molecule has 0 radical (unpaired) electrons. The molecule has 0 spiro atoms. The smallest absolute Gasteiger partial charge is 0.265 e. The molecule has 31 heavy (non-hydrogen) atoms. The minimum Gasteiger partial charge on any atom is -0.326 e. The molecule has 0 fully saturated rings. The lowest BCUT2D eigenvalue weighted by Gasteiger charge is -2.17. The topological polar surface area (TPSA) is 76.0 Å². The number of benzene rings is 2. The predicted molar refractivity (Wildman–Crippen MR) is 124 cm³/mol. The molecule has 8 heteroatoms. The van der Waals surface area contributed by atoms with E-state index in [-0.39, 0.29) is 11.8 Å². The SMILES string of the molecule is Cc1nn(Cc2ccccc2Cl)c2sc(C(=O)Nc3ccc4c(c3)CCC(=O)N4)cc12. The number of carbonyl (C=O) groups excluding carboxylic acids is 2. The summed E-state index contributed by atoms with van der Waals surface area (Å²) in [5.74, 6) is -0.138. The second kappa shape index (κ2) is 7.83. The van der Waals surface area contributed by atoms with Crippen LogP contribution in [-0.2, 0) is 17.8 Å². The van der Waals surface area contributed by atoms with Crippen LogP contribution in [0.1, 0.15) is 32.9 Å². The number of fused-ring (bicyclic) bond motifs is 2. The molecule has 156 valence electrons. The van der Waals surface area contributed by atoms with Gasteiger partial charge in [-0.3, -0.25) is 14.3 Å². The van der Waals surface area contributed by atoms with Crippen molar-refractivity contribution in [2.45, 2.75) is 26.3 Å². The van der Waals surface area contributed by atoms with Gasteiger partial charge < -0.3 is 10.6 Å². The van der Waals surface area contributed by atoms with Gasteiger partial charge in [0.15, 0.2) is 0 Å². The van der Waals surface area contributed by atoms with Crippen molar-refractivity contribution in [2.24, 2.45) is 0 Å². The summed E-state index contributed by atoms with van der Waals surface area (Å²) < 4.78 is 1.90. The average molecular weight is 451 g/mol. The third kappa shape index (κ3) is 3.82. The number of halogens is 1. The van der Waals surface area contributed by atoms with E-state index >= 15 is 0 Å². The van der Waals surface area contributed by atoms with Crippen molar-refractivity contribution >= 4 is 56.3 Å². The molecule has 3 heterocycles. The maximum atomic E-state index is 12.9. The van der Waals surface area contributed by atoms with E-state index in [4.69, 9.17) is 11.6 Å². The van der Waals surface area contributed by atoms with Crippen LogP contribution in [0.3, 0.4) is 0 Å². The van der Waals surface area contributed by atoms with E-state index in [1.54, 1.807) is 6.07 Å². The van der Waals surface area contributed by atoms with Crippen LogP contribution in [-0.4, -0.2) is 21.6 Å². The highest BCUT2D eigenvalue weighted by Crippen LogP contribution is 2.31. The third-order valence-electron chi connectivity index (χ3n) is 5.37. The van der Waals surface area contributed by atoms with Gasteiger partial charge in [0.05, 0.1) is 17.1 Å². The lowest BCUT2D eigenvalue weighted by Crippen LogP contribution is -2.19. The summed E-state index contributed by atoms with van der Waals surface area (Å²) in [4.78, 5) is 26.0. The van der Waals surface area contributed by atoms with Gasteiger partial charge in [-0.25, -0.2) is 0 Å². The highest BCUT2D eigenvalue weighted by molar-refractivity contribution is 7.20. The van der Waals surface area contributed by atoms with Gasteiger partial charge in [-0.2, -0.15) is 5.10 Å². The zero-order valence-corrected chi connectivity index (χ0v) is 18.3. The van der Waals surface area contributed by atoms with Gasteiger partial charge in [-0.15, -0.1) is 11.3 Å². The van der Waals surface area contributed by atoms with E-state index in [1.807, 2.05) is 54.1 Å². The molecule has 0 unspecified atom stereocenters. The highest BCUT2D eigenvalue weighted by Gasteiger charge is 2.19. The number of anilines is 2. The molecule has 0 aliphatic carbocycles. The molecule has 0 atom stereocenters. The molecule has 5 rings (SSSR count). The number of nitrogens with zero attached hydrogens (tertiary/aromatic N) is 2. The average Bonchev–Trinajstić information content (AvgIpc) is 3.31. The molecule has 0 bridgehead atoms. The van der Waals surface area contributed by atoms with Gasteiger partial charge in [-0.05, 0) is 54.8 Å². The fourth-order valence-electron chi connectivity index (χ4n) is 3.77. The minimum absolute atomic E-state index is 0.0239. The Morgan fingerprint density at radius 3 is 2.90 bits per heavy atom. The van der Waals surface area contributed by atoms with Gasteiger partial charge in [0, 0.05) is 28.2 Å². The predicted octanol–water partition coefficient (Wildman–Crippen LogP) is 5.24. The number of nitrogens with one attached hydrogen (secondary N) is 2. The molecule has 2 aromatic heterocycles. The van der Waals surface area contributed by atoms with Gasteiger partial charge >= 0.3 is 0 Å². The molecule has 0 saturated heterocycles. The van der Waals surface area contributed by atoms with Gasteiger partial charge in [0.1, 0.15) is 4.83 Å². The lowest BCUT2D eigenvalue weighted by atomic mass is 10.0. The third-order valence-corrected chi connectivity index (χ3v) is 6.88. The number of hydrogen-bond acceptors (Lipinski definition) is 4. The number of amides is 2. The maximum Gasteiger partial charge on any atom is 0.265 e. The Bertz CT molecular complexity index is 1340. The summed E-state index contributed by atoms with van der Waals surface area (Å²) in [6, 6.07) is 15.1. The van der Waals surface area contributed by atoms with Gasteiger partial charge in [-0.1, -0.05) is 29.8 Å². The van der Waals surface area contributed by atoms with Crippen LogP contribution in [0.15, 0.2) is 48.5 Å². The second-order valence-electron chi connectivity index (χ2n) is 7.54. The molecule has 6 nitrogen and oxygen atoms in total. The number of hydrogen-bond donors (Lipinski definition) is 2. The molecule has 4 aromatic rings. The fourth-order valence-corrected chi connectivity index (χ4v) is 5.03. The van der Waals surface area contributed by atoms with Crippen LogP contribution in [0, 0.1) is 6.92 Å². The highest BCUT2D eigenvalue weighted by atomic mass is 35.5. The Balaban J connectivity index is 1.40. The van der Waals surface area contributed by atoms with E-state index in [2.05, 4.69) is 15.7 Å². The van der Waals surface area contributed by atoms with Crippen molar-refractivity contribution < 1.29 is 9.59 Å². The van der Waals surface area contributed by atoms with E-state index in [9.17, 15) is 9.59 Å². The number of aromatic nitrogens is 2. The number of carbonyl (C=O) groups is 2. The molecular weight excluding hydrogens is 432 g/mol. The largest absolute Gasteiger partial charge is 0.326 e. The standard InChI is InChI=1S/C23H19ClN4O2S/c1-13-17-11-20(31-23(17)28(27-13)12-15-4-2-3-5-18(15)24)22(30)25-16-7-8-19-14(10-16)6-9-21(29)26-19/h2-5,7-8,10-11H,6,9,12H2,1H3,(H,25,30)(H,26,29). The first-order valence-corrected chi connectivity index (χ1v) is 11.1. The Morgan fingerprint density at radius 1 is 1.23 bits per heavy atom. The van der Waals surface area contributed by atoms with Crippen molar-refractivity contribution in [3.8, 4) is 0 Å².